The molecule has 0 aliphatic heterocycles. The molecule has 0 spiro atoms. The van der Waals surface area contributed by atoms with Gasteiger partial charge in [0.1, 0.15) is 23.4 Å². The summed E-state index contributed by atoms with van der Waals surface area (Å²) in [7, 11) is 0. The number of carbonyl (C=O) groups is 2. The fourth-order valence-corrected chi connectivity index (χ4v) is 3.63. The Morgan fingerprint density at radius 2 is 1.71 bits per heavy atom. The van der Waals surface area contributed by atoms with Gasteiger partial charge in [0.05, 0.1) is 24.0 Å². The number of benzene rings is 3. The molecule has 14 heteroatoms. The number of nitrogens with two attached hydrogens (primary N) is 1. The minimum Gasteiger partial charge on any atom is -0.490 e. The summed E-state index contributed by atoms with van der Waals surface area (Å²) in [6.07, 6.45) is -5.50. The maximum atomic E-state index is 14.1. The highest BCUT2D eigenvalue weighted by molar-refractivity contribution is 5.99. The molecule has 3 rings (SSSR count). The first-order valence-corrected chi connectivity index (χ1v) is 12.6. The van der Waals surface area contributed by atoms with Crippen LogP contribution in [0.2, 0.25) is 0 Å². The molecule has 0 aliphatic carbocycles. The molecule has 0 bridgehead atoms. The first-order valence-electron chi connectivity index (χ1n) is 12.6. The number of nitrogen functional groups attached to an aromatic ring is 1. The molecule has 1 atom stereocenters. The van der Waals surface area contributed by atoms with Crippen molar-refractivity contribution in [2.45, 2.75) is 39.1 Å². The Labute approximate surface area is 238 Å². The number of ether oxygens (including phenoxy) is 3. The third-order valence-electron chi connectivity index (χ3n) is 5.44. The number of rotatable bonds is 12. The number of halogens is 4. The van der Waals surface area contributed by atoms with Gasteiger partial charge in [-0.25, -0.2) is 9.18 Å². The van der Waals surface area contributed by atoms with Crippen LogP contribution in [-0.2, 0) is 9.59 Å². The topological polar surface area (TPSA) is 148 Å². The van der Waals surface area contributed by atoms with E-state index in [1.807, 2.05) is 13.8 Å². The van der Waals surface area contributed by atoms with Gasteiger partial charge in [0.15, 0.2) is 11.5 Å². The number of hydrogen-bond donors (Lipinski definition) is 5. The molecule has 0 aromatic heterocycles. The summed E-state index contributed by atoms with van der Waals surface area (Å²) in [6.45, 7) is 5.68. The van der Waals surface area contributed by atoms with Crippen LogP contribution >= 0.6 is 0 Å². The number of esters is 1. The fourth-order valence-electron chi connectivity index (χ4n) is 3.63. The lowest BCUT2D eigenvalue weighted by Crippen LogP contribution is -2.37. The van der Waals surface area contributed by atoms with Gasteiger partial charge >= 0.3 is 12.1 Å². The van der Waals surface area contributed by atoms with E-state index in [0.717, 1.165) is 12.1 Å². The van der Waals surface area contributed by atoms with Gasteiger partial charge in [-0.1, -0.05) is 18.2 Å². The number of carbonyl (C=O) groups excluding carboxylic acids is 2. The Balaban J connectivity index is 2.02. The maximum absolute atomic E-state index is 14.1. The normalized spacial score (nSPS) is 11.8. The fraction of sp³-hybridized carbons (Fsp3) is 0.250. The zero-order valence-electron chi connectivity index (χ0n) is 22.8. The van der Waals surface area contributed by atoms with Crippen LogP contribution in [0.15, 0.2) is 60.7 Å². The second-order valence-corrected chi connectivity index (χ2v) is 8.99. The molecule has 0 aliphatic rings. The zero-order valence-corrected chi connectivity index (χ0v) is 22.8. The van der Waals surface area contributed by atoms with E-state index in [2.05, 4.69) is 20.9 Å². The number of hydrazine groups is 1. The summed E-state index contributed by atoms with van der Waals surface area (Å²) < 4.78 is 68.7. The van der Waals surface area contributed by atoms with Crippen LogP contribution in [0.4, 0.5) is 28.9 Å². The molecular formula is C28H29F4N5O5. The molecule has 0 saturated heterocycles. The molecule has 10 nitrogen and oxygen atoms in total. The van der Waals surface area contributed by atoms with Crippen molar-refractivity contribution >= 4 is 29.1 Å². The van der Waals surface area contributed by atoms with Crippen LogP contribution in [0, 0.1) is 11.2 Å². The van der Waals surface area contributed by atoms with E-state index in [1.54, 1.807) is 25.1 Å². The Morgan fingerprint density at radius 3 is 2.33 bits per heavy atom. The highest BCUT2D eigenvalue weighted by atomic mass is 19.4. The average molecular weight is 592 g/mol. The predicted molar refractivity (Wildman–Crippen MR) is 147 cm³/mol. The van der Waals surface area contributed by atoms with Gasteiger partial charge in [0.25, 0.3) is 5.91 Å². The van der Waals surface area contributed by atoms with Gasteiger partial charge in [0.2, 0.25) is 0 Å². The minimum absolute atomic E-state index is 0.0209. The van der Waals surface area contributed by atoms with Crippen LogP contribution in [0.3, 0.4) is 0 Å². The second kappa shape index (κ2) is 13.6. The third kappa shape index (κ3) is 8.25. The average Bonchev–Trinajstić information content (AvgIpc) is 2.91. The highest BCUT2D eigenvalue weighted by Gasteiger charge is 2.42. The molecule has 224 valence electrons. The largest absolute Gasteiger partial charge is 0.491 e. The number of para-hydroxylation sites is 1. The quantitative estimate of drug-likeness (QED) is 0.0491. The number of hydrogen-bond acceptors (Lipinski definition) is 8. The monoisotopic (exact) mass is 591 g/mol. The Kier molecular flexibility index (Phi) is 10.2. The molecule has 3 aromatic rings. The number of nitrogens with one attached hydrogen (secondary N) is 4. The Morgan fingerprint density at radius 1 is 1.00 bits per heavy atom. The van der Waals surface area contributed by atoms with Crippen molar-refractivity contribution in [3.8, 4) is 17.2 Å². The third-order valence-corrected chi connectivity index (χ3v) is 5.44. The van der Waals surface area contributed by atoms with Crippen molar-refractivity contribution in [3.63, 3.8) is 0 Å². The van der Waals surface area contributed by atoms with E-state index in [4.69, 9.17) is 20.6 Å². The Hall–Kier alpha value is -5.01. The molecule has 6 N–H and O–H groups in total. The molecular weight excluding hydrogens is 562 g/mol. The molecule has 0 saturated carbocycles. The molecule has 1 unspecified atom stereocenters. The smallest absolute Gasteiger partial charge is 0.490 e. The van der Waals surface area contributed by atoms with Gasteiger partial charge in [-0.15, -0.1) is 0 Å². The zero-order chi connectivity index (χ0) is 31.0. The van der Waals surface area contributed by atoms with Gasteiger partial charge in [-0.3, -0.25) is 21.1 Å². The predicted octanol–water partition coefficient (Wildman–Crippen LogP) is 5.06. The van der Waals surface area contributed by atoms with E-state index in [1.165, 1.54) is 30.3 Å². The van der Waals surface area contributed by atoms with Gasteiger partial charge in [0, 0.05) is 11.8 Å². The lowest BCUT2D eigenvalue weighted by molar-refractivity contribution is -0.189. The van der Waals surface area contributed by atoms with E-state index >= 15 is 0 Å². The van der Waals surface area contributed by atoms with Crippen LogP contribution in [-0.4, -0.2) is 36.6 Å². The number of amides is 1. The van der Waals surface area contributed by atoms with E-state index in [-0.39, 0.29) is 29.6 Å². The number of alkyl halides is 3. The molecule has 0 fully saturated rings. The number of anilines is 2. The lowest BCUT2D eigenvalue weighted by Gasteiger charge is -2.23. The minimum atomic E-state index is -5.31. The summed E-state index contributed by atoms with van der Waals surface area (Å²) in [5.41, 5.74) is 10.4. The van der Waals surface area contributed by atoms with Crippen molar-refractivity contribution in [1.82, 2.24) is 5.43 Å². The standard InChI is InChI=1S/C28H29F4N5O5/c1-4-40-23-13-16(9-12-21(23)41-15(2)3)24(26(38)37-36-20-8-6-5-7-19(20)29)35-17-10-11-18(25(33)34)22(14-17)42-27(39)28(30,31)32/h5-15,24,35-36H,4H2,1-3H3,(H3,33,34)(H,37,38). The summed E-state index contributed by atoms with van der Waals surface area (Å²) in [5.74, 6) is -4.47. The van der Waals surface area contributed by atoms with Crippen LogP contribution in [0.25, 0.3) is 0 Å². The van der Waals surface area contributed by atoms with Crippen LogP contribution < -0.4 is 36.1 Å². The first-order chi connectivity index (χ1) is 19.8. The summed E-state index contributed by atoms with van der Waals surface area (Å²) in [4.78, 5) is 24.9. The van der Waals surface area contributed by atoms with Crippen LogP contribution in [0.1, 0.15) is 37.9 Å². The van der Waals surface area contributed by atoms with Crippen molar-refractivity contribution in [2.24, 2.45) is 5.73 Å². The summed E-state index contributed by atoms with van der Waals surface area (Å²) in [5, 5.41) is 10.5. The van der Waals surface area contributed by atoms with Crippen molar-refractivity contribution in [2.75, 3.05) is 17.3 Å². The molecule has 1 amide bonds. The summed E-state index contributed by atoms with van der Waals surface area (Å²) >= 11 is 0. The molecule has 3 aromatic carbocycles. The highest BCUT2D eigenvalue weighted by Crippen LogP contribution is 2.34. The second-order valence-electron chi connectivity index (χ2n) is 8.99. The molecule has 42 heavy (non-hydrogen) atoms. The van der Waals surface area contributed by atoms with Crippen LogP contribution in [0.5, 0.6) is 17.2 Å². The van der Waals surface area contributed by atoms with Crippen molar-refractivity contribution < 1.29 is 41.4 Å². The van der Waals surface area contributed by atoms with Gasteiger partial charge in [-0.2, -0.15) is 13.2 Å². The van der Waals surface area contributed by atoms with Gasteiger partial charge < -0.3 is 25.3 Å². The maximum Gasteiger partial charge on any atom is 0.491 e. The van der Waals surface area contributed by atoms with E-state index in [9.17, 15) is 27.2 Å². The van der Waals surface area contributed by atoms with E-state index in [0.29, 0.717) is 17.1 Å². The Bertz CT molecular complexity index is 1450. The lowest BCUT2D eigenvalue weighted by atomic mass is 10.0. The molecule has 0 radical (unpaired) electrons. The van der Waals surface area contributed by atoms with Crippen molar-refractivity contribution in [3.05, 3.63) is 77.6 Å². The first kappa shape index (κ1) is 31.5. The van der Waals surface area contributed by atoms with E-state index < -0.39 is 41.5 Å². The SMILES string of the molecule is CCOc1cc(C(Nc2ccc(C(=N)N)c(OC(=O)C(F)(F)F)c2)C(=O)NNc2ccccc2F)ccc1OC(C)C. The van der Waals surface area contributed by atoms with Crippen molar-refractivity contribution in [1.29, 1.82) is 5.41 Å². The number of amidine groups is 1. The molecule has 0 heterocycles. The summed E-state index contributed by atoms with van der Waals surface area (Å²) in [6, 6.07) is 12.5. The van der Waals surface area contributed by atoms with Gasteiger partial charge in [-0.05, 0) is 62.7 Å².